The van der Waals surface area contributed by atoms with Crippen LogP contribution in [-0.2, 0) is 9.53 Å². The third-order valence-electron chi connectivity index (χ3n) is 1.86. The van der Waals surface area contributed by atoms with Crippen molar-refractivity contribution in [2.45, 2.75) is 19.1 Å². The number of rotatable bonds is 6. The summed E-state index contributed by atoms with van der Waals surface area (Å²) in [6, 6.07) is -0.743. The molecule has 0 aromatic rings. The van der Waals surface area contributed by atoms with Crippen LogP contribution in [0.15, 0.2) is 0 Å². The van der Waals surface area contributed by atoms with Gasteiger partial charge in [0.1, 0.15) is 6.04 Å². The Morgan fingerprint density at radius 3 is 2.44 bits per heavy atom. The van der Waals surface area contributed by atoms with E-state index in [9.17, 15) is 18.0 Å². The molecule has 0 aliphatic carbocycles. The van der Waals surface area contributed by atoms with Crippen molar-refractivity contribution >= 4 is 5.97 Å². The maximum absolute atomic E-state index is 12.0. The van der Waals surface area contributed by atoms with E-state index in [-0.39, 0.29) is 13.2 Å². The number of ether oxygens (including phenoxy) is 1. The van der Waals surface area contributed by atoms with Gasteiger partial charge >= 0.3 is 12.1 Å². The van der Waals surface area contributed by atoms with Crippen molar-refractivity contribution in [3.63, 3.8) is 0 Å². The topological polar surface area (TPSA) is 41.6 Å². The number of nitrogens with zero attached hydrogens (tertiary/aromatic N) is 1. The Morgan fingerprint density at radius 2 is 2.06 bits per heavy atom. The second-order valence-electron chi connectivity index (χ2n) is 3.41. The lowest BCUT2D eigenvalue weighted by molar-refractivity contribution is -0.152. The number of alkyl halides is 3. The summed E-state index contributed by atoms with van der Waals surface area (Å²) in [4.78, 5) is 12.3. The molecule has 16 heavy (non-hydrogen) atoms. The highest BCUT2D eigenvalue weighted by Gasteiger charge is 2.31. The van der Waals surface area contributed by atoms with Crippen molar-refractivity contribution < 1.29 is 22.7 Å². The van der Waals surface area contributed by atoms with E-state index in [0.29, 0.717) is 0 Å². The molecule has 4 nitrogen and oxygen atoms in total. The third kappa shape index (κ3) is 6.62. The van der Waals surface area contributed by atoms with Gasteiger partial charge in [0.15, 0.2) is 0 Å². The first kappa shape index (κ1) is 15.2. The van der Waals surface area contributed by atoms with Gasteiger partial charge in [0.2, 0.25) is 0 Å². The molecule has 0 aliphatic rings. The smallest absolute Gasteiger partial charge is 0.401 e. The fourth-order valence-electron chi connectivity index (χ4n) is 1.21. The van der Waals surface area contributed by atoms with Crippen LogP contribution in [0.25, 0.3) is 0 Å². The minimum absolute atomic E-state index is 0.0468. The Kier molecular flexibility index (Phi) is 6.35. The molecular formula is C9H17F3N2O2. The highest BCUT2D eigenvalue weighted by molar-refractivity contribution is 5.76. The summed E-state index contributed by atoms with van der Waals surface area (Å²) < 4.78 is 40.8. The van der Waals surface area contributed by atoms with Gasteiger partial charge in [0.25, 0.3) is 0 Å². The number of nitrogens with one attached hydrogen (secondary N) is 1. The zero-order chi connectivity index (χ0) is 12.8. The highest BCUT2D eigenvalue weighted by Crippen LogP contribution is 2.15. The molecule has 0 aromatic heterocycles. The van der Waals surface area contributed by atoms with E-state index in [1.54, 1.807) is 6.92 Å². The van der Waals surface area contributed by atoms with Crippen LogP contribution in [0.3, 0.4) is 0 Å². The van der Waals surface area contributed by atoms with Crippen LogP contribution in [0.4, 0.5) is 13.2 Å². The first-order valence-electron chi connectivity index (χ1n) is 4.89. The first-order valence-corrected chi connectivity index (χ1v) is 4.89. The van der Waals surface area contributed by atoms with Crippen LogP contribution in [0.1, 0.15) is 6.92 Å². The van der Waals surface area contributed by atoms with Crippen LogP contribution in [-0.4, -0.2) is 56.9 Å². The van der Waals surface area contributed by atoms with E-state index < -0.39 is 24.7 Å². The van der Waals surface area contributed by atoms with Crippen LogP contribution < -0.4 is 5.32 Å². The third-order valence-corrected chi connectivity index (χ3v) is 1.86. The zero-order valence-electron chi connectivity index (χ0n) is 9.60. The molecule has 0 rings (SSSR count). The largest absolute Gasteiger partial charge is 0.465 e. The van der Waals surface area contributed by atoms with Crippen LogP contribution in [0.2, 0.25) is 0 Å². The standard InChI is InChI=1S/C9H17F3N2O2/c1-4-16-8(15)7(13-2)5-14(3)6-9(10,11)12/h7,13H,4-6H2,1-3H3. The normalized spacial score (nSPS) is 13.9. The molecule has 1 N–H and O–H groups in total. The predicted molar refractivity (Wildman–Crippen MR) is 53.0 cm³/mol. The van der Waals surface area contributed by atoms with Crippen LogP contribution in [0, 0.1) is 0 Å². The summed E-state index contributed by atoms with van der Waals surface area (Å²) in [5.41, 5.74) is 0. The molecule has 0 heterocycles. The minimum Gasteiger partial charge on any atom is -0.465 e. The van der Waals surface area contributed by atoms with Gasteiger partial charge in [-0.05, 0) is 21.0 Å². The van der Waals surface area contributed by atoms with Crippen molar-refractivity contribution in [3.05, 3.63) is 0 Å². The van der Waals surface area contributed by atoms with E-state index in [2.05, 4.69) is 5.32 Å². The molecule has 0 radical (unpaired) electrons. The fraction of sp³-hybridized carbons (Fsp3) is 0.889. The predicted octanol–water partition coefficient (Wildman–Crippen LogP) is 0.632. The highest BCUT2D eigenvalue weighted by atomic mass is 19.4. The van der Waals surface area contributed by atoms with Gasteiger partial charge in [0, 0.05) is 6.54 Å². The summed E-state index contributed by atoms with van der Waals surface area (Å²) >= 11 is 0. The van der Waals surface area contributed by atoms with Gasteiger partial charge in [-0.2, -0.15) is 13.2 Å². The molecule has 0 amide bonds. The van der Waals surface area contributed by atoms with Gasteiger partial charge in [0.05, 0.1) is 13.2 Å². The summed E-state index contributed by atoms with van der Waals surface area (Å²) in [5.74, 6) is -0.543. The Morgan fingerprint density at radius 1 is 1.50 bits per heavy atom. The number of hydrogen-bond donors (Lipinski definition) is 1. The zero-order valence-corrected chi connectivity index (χ0v) is 9.60. The summed E-state index contributed by atoms with van der Waals surface area (Å²) in [6.45, 7) is 0.753. The van der Waals surface area contributed by atoms with Crippen molar-refractivity contribution in [1.82, 2.24) is 10.2 Å². The van der Waals surface area contributed by atoms with E-state index in [0.717, 1.165) is 4.90 Å². The molecule has 0 aliphatic heterocycles. The molecular weight excluding hydrogens is 225 g/mol. The number of halogens is 3. The number of carbonyl (C=O) groups excluding carboxylic acids is 1. The second kappa shape index (κ2) is 6.70. The Hall–Kier alpha value is -0.820. The van der Waals surface area contributed by atoms with Crippen molar-refractivity contribution in [3.8, 4) is 0 Å². The summed E-state index contributed by atoms with van der Waals surface area (Å²) in [7, 11) is 2.81. The Balaban J connectivity index is 4.16. The maximum atomic E-state index is 12.0. The molecule has 0 spiro atoms. The summed E-state index contributed by atoms with van der Waals surface area (Å²) in [5, 5.41) is 2.62. The minimum atomic E-state index is -4.26. The van der Waals surface area contributed by atoms with Crippen molar-refractivity contribution in [2.24, 2.45) is 0 Å². The van der Waals surface area contributed by atoms with Gasteiger partial charge in [-0.15, -0.1) is 0 Å². The van der Waals surface area contributed by atoms with Crippen molar-refractivity contribution in [2.75, 3.05) is 33.8 Å². The lowest BCUT2D eigenvalue weighted by atomic mass is 10.3. The molecule has 0 aromatic carbocycles. The van der Waals surface area contributed by atoms with E-state index >= 15 is 0 Å². The number of carbonyl (C=O) groups is 1. The fourth-order valence-corrected chi connectivity index (χ4v) is 1.21. The molecule has 1 atom stereocenters. The van der Waals surface area contributed by atoms with E-state index in [1.165, 1.54) is 14.1 Å². The average Bonchev–Trinajstić information content (AvgIpc) is 2.11. The quantitative estimate of drug-likeness (QED) is 0.694. The van der Waals surface area contributed by atoms with Gasteiger partial charge in [-0.3, -0.25) is 9.69 Å². The molecule has 1 unspecified atom stereocenters. The second-order valence-corrected chi connectivity index (χ2v) is 3.41. The lowest BCUT2D eigenvalue weighted by Gasteiger charge is -2.23. The molecule has 0 bridgehead atoms. The lowest BCUT2D eigenvalue weighted by Crippen LogP contribution is -2.46. The average molecular weight is 242 g/mol. The Labute approximate surface area is 92.7 Å². The molecule has 7 heteroatoms. The van der Waals surface area contributed by atoms with Crippen LogP contribution in [0.5, 0.6) is 0 Å². The van der Waals surface area contributed by atoms with Gasteiger partial charge in [-0.1, -0.05) is 0 Å². The number of likely N-dealkylation sites (N-methyl/N-ethyl adjacent to an activating group) is 2. The molecule has 0 saturated heterocycles. The molecule has 0 saturated carbocycles. The first-order chi connectivity index (χ1) is 7.30. The summed E-state index contributed by atoms with van der Waals surface area (Å²) in [6.07, 6.45) is -4.26. The van der Waals surface area contributed by atoms with Crippen LogP contribution >= 0.6 is 0 Å². The molecule has 0 fully saturated rings. The maximum Gasteiger partial charge on any atom is 0.401 e. The van der Waals surface area contributed by atoms with Gasteiger partial charge in [-0.25, -0.2) is 0 Å². The van der Waals surface area contributed by atoms with E-state index in [4.69, 9.17) is 4.74 Å². The SMILES string of the molecule is CCOC(=O)C(CN(C)CC(F)(F)F)NC. The molecule has 96 valence electrons. The van der Waals surface area contributed by atoms with Crippen molar-refractivity contribution in [1.29, 1.82) is 0 Å². The Bertz CT molecular complexity index is 221. The number of hydrogen-bond acceptors (Lipinski definition) is 4. The number of esters is 1. The van der Waals surface area contributed by atoms with E-state index in [1.807, 2.05) is 0 Å². The monoisotopic (exact) mass is 242 g/mol. The van der Waals surface area contributed by atoms with Gasteiger partial charge < -0.3 is 10.1 Å².